The van der Waals surface area contributed by atoms with E-state index in [1.54, 1.807) is 0 Å². The van der Waals surface area contributed by atoms with Crippen LogP contribution in [0.1, 0.15) is 16.7 Å². The average Bonchev–Trinajstić information content (AvgIpc) is 2.90. The van der Waals surface area contributed by atoms with Crippen molar-refractivity contribution in [3.8, 4) is 0 Å². The molecule has 4 nitrogen and oxygen atoms in total. The van der Waals surface area contributed by atoms with Gasteiger partial charge in [0.05, 0.1) is 0 Å². The van der Waals surface area contributed by atoms with E-state index in [4.69, 9.17) is 10.8 Å². The predicted octanol–water partition coefficient (Wildman–Crippen LogP) is 2.71. The quantitative estimate of drug-likeness (QED) is 0.677. The molecule has 1 unspecified atom stereocenters. The molecule has 1 heterocycles. The number of nitrogens with two attached hydrogens (primary N) is 1. The van der Waals surface area contributed by atoms with Crippen LogP contribution >= 0.6 is 0 Å². The largest absolute Gasteiger partial charge is 0.480 e. The van der Waals surface area contributed by atoms with Gasteiger partial charge < -0.3 is 15.8 Å². The Labute approximate surface area is 128 Å². The van der Waals surface area contributed by atoms with E-state index in [0.717, 1.165) is 22.9 Å². The van der Waals surface area contributed by atoms with Gasteiger partial charge in [-0.25, -0.2) is 0 Å². The van der Waals surface area contributed by atoms with E-state index in [9.17, 15) is 4.79 Å². The second kappa shape index (κ2) is 6.03. The summed E-state index contributed by atoms with van der Waals surface area (Å²) in [6.45, 7) is 0. The third-order valence-electron chi connectivity index (χ3n) is 3.84. The Morgan fingerprint density at radius 3 is 2.64 bits per heavy atom. The van der Waals surface area contributed by atoms with E-state index in [1.807, 2.05) is 30.5 Å². The number of nitrogens with one attached hydrogen (secondary N) is 1. The molecule has 0 aliphatic carbocycles. The van der Waals surface area contributed by atoms with Gasteiger partial charge in [-0.05, 0) is 29.2 Å². The number of rotatable bonds is 5. The van der Waals surface area contributed by atoms with E-state index in [-0.39, 0.29) is 0 Å². The summed E-state index contributed by atoms with van der Waals surface area (Å²) < 4.78 is 0. The summed E-state index contributed by atoms with van der Waals surface area (Å²) in [5, 5.41) is 9.96. The molecule has 0 radical (unpaired) electrons. The molecule has 0 saturated heterocycles. The lowest BCUT2D eigenvalue weighted by Gasteiger charge is -2.06. The van der Waals surface area contributed by atoms with Crippen molar-refractivity contribution in [2.45, 2.75) is 18.9 Å². The molecule has 1 aromatic heterocycles. The predicted molar refractivity (Wildman–Crippen MR) is 86.9 cm³/mol. The summed E-state index contributed by atoms with van der Waals surface area (Å²) in [4.78, 5) is 14.1. The van der Waals surface area contributed by atoms with Gasteiger partial charge in [0.2, 0.25) is 0 Å². The van der Waals surface area contributed by atoms with Crippen LogP contribution in [0.15, 0.2) is 54.7 Å². The molecule has 22 heavy (non-hydrogen) atoms. The van der Waals surface area contributed by atoms with Gasteiger partial charge in [-0.1, -0.05) is 42.5 Å². The Bertz CT molecular complexity index is 793. The molecule has 0 aliphatic rings. The van der Waals surface area contributed by atoms with Crippen molar-refractivity contribution in [1.82, 2.24) is 4.98 Å². The lowest BCUT2D eigenvalue weighted by Crippen LogP contribution is -2.32. The Morgan fingerprint density at radius 1 is 1.14 bits per heavy atom. The van der Waals surface area contributed by atoms with Gasteiger partial charge in [0.25, 0.3) is 0 Å². The van der Waals surface area contributed by atoms with Crippen LogP contribution in [0, 0.1) is 0 Å². The maximum Gasteiger partial charge on any atom is 0.320 e. The minimum absolute atomic E-state index is 0.327. The number of carbonyl (C=O) groups is 1. The monoisotopic (exact) mass is 294 g/mol. The summed E-state index contributed by atoms with van der Waals surface area (Å²) >= 11 is 0. The molecular weight excluding hydrogens is 276 g/mol. The first-order valence-electron chi connectivity index (χ1n) is 7.24. The molecular formula is C18H18N2O2. The molecule has 0 saturated carbocycles. The third kappa shape index (κ3) is 3.02. The van der Waals surface area contributed by atoms with Crippen LogP contribution in [0.25, 0.3) is 10.9 Å². The topological polar surface area (TPSA) is 79.1 Å². The number of hydrogen-bond acceptors (Lipinski definition) is 2. The maximum atomic E-state index is 10.9. The third-order valence-corrected chi connectivity index (χ3v) is 3.84. The zero-order chi connectivity index (χ0) is 15.5. The van der Waals surface area contributed by atoms with E-state index in [2.05, 4.69) is 29.2 Å². The zero-order valence-corrected chi connectivity index (χ0v) is 12.1. The molecule has 3 aromatic rings. The fourth-order valence-electron chi connectivity index (χ4n) is 2.67. The number of H-pyrrole nitrogens is 1. The lowest BCUT2D eigenvalue weighted by molar-refractivity contribution is -0.138. The minimum Gasteiger partial charge on any atom is -0.480 e. The minimum atomic E-state index is -0.977. The van der Waals surface area contributed by atoms with E-state index in [0.29, 0.717) is 6.42 Å². The van der Waals surface area contributed by atoms with E-state index < -0.39 is 12.0 Å². The molecule has 1 atom stereocenters. The first-order valence-corrected chi connectivity index (χ1v) is 7.24. The summed E-state index contributed by atoms with van der Waals surface area (Å²) in [6.07, 6.45) is 3.05. The molecule has 0 aliphatic heterocycles. The molecule has 4 heteroatoms. The van der Waals surface area contributed by atoms with Gasteiger partial charge in [-0.2, -0.15) is 0 Å². The molecule has 4 N–H and O–H groups in total. The Kier molecular flexibility index (Phi) is 3.94. The highest BCUT2D eigenvalue weighted by Crippen LogP contribution is 2.22. The fourth-order valence-corrected chi connectivity index (χ4v) is 2.67. The van der Waals surface area contributed by atoms with Crippen LogP contribution in [-0.2, 0) is 17.6 Å². The highest BCUT2D eigenvalue weighted by atomic mass is 16.4. The highest BCUT2D eigenvalue weighted by molar-refractivity contribution is 5.85. The van der Waals surface area contributed by atoms with Crippen LogP contribution in [0.5, 0.6) is 0 Å². The summed E-state index contributed by atoms with van der Waals surface area (Å²) in [6, 6.07) is 15.7. The molecule has 0 bridgehead atoms. The van der Waals surface area contributed by atoms with E-state index >= 15 is 0 Å². The second-order valence-corrected chi connectivity index (χ2v) is 5.51. The number of fused-ring (bicyclic) bond motifs is 1. The highest BCUT2D eigenvalue weighted by Gasteiger charge is 2.14. The van der Waals surface area contributed by atoms with Gasteiger partial charge >= 0.3 is 5.97 Å². The Balaban J connectivity index is 1.84. The van der Waals surface area contributed by atoms with Crippen molar-refractivity contribution in [3.63, 3.8) is 0 Å². The maximum absolute atomic E-state index is 10.9. The van der Waals surface area contributed by atoms with Gasteiger partial charge in [0.15, 0.2) is 0 Å². The number of carboxylic acid groups (broad SMARTS) is 1. The fraction of sp³-hybridized carbons (Fsp3) is 0.167. The molecule has 3 rings (SSSR count). The standard InChI is InChI=1S/C18H18N2O2/c19-16(18(21)22)10-14-11-20-17-9-13(6-7-15(14)17)8-12-4-2-1-3-5-12/h1-7,9,11,16,20H,8,10,19H2,(H,21,22). The summed E-state index contributed by atoms with van der Waals surface area (Å²) in [5.41, 5.74) is 10.1. The summed E-state index contributed by atoms with van der Waals surface area (Å²) in [7, 11) is 0. The molecule has 0 fully saturated rings. The first-order chi connectivity index (χ1) is 10.6. The van der Waals surface area contributed by atoms with Gasteiger partial charge in [-0.15, -0.1) is 0 Å². The van der Waals surface area contributed by atoms with Crippen LogP contribution in [0.4, 0.5) is 0 Å². The normalized spacial score (nSPS) is 12.4. The van der Waals surface area contributed by atoms with Crippen molar-refractivity contribution in [3.05, 3.63) is 71.4 Å². The van der Waals surface area contributed by atoms with Gasteiger partial charge in [-0.3, -0.25) is 4.79 Å². The molecule has 0 spiro atoms. The first kappa shape index (κ1) is 14.4. The van der Waals surface area contributed by atoms with Crippen molar-refractivity contribution in [2.24, 2.45) is 5.73 Å². The molecule has 2 aromatic carbocycles. The number of benzene rings is 2. The van der Waals surface area contributed by atoms with Crippen molar-refractivity contribution < 1.29 is 9.90 Å². The van der Waals surface area contributed by atoms with Crippen molar-refractivity contribution in [1.29, 1.82) is 0 Å². The summed E-state index contributed by atoms with van der Waals surface area (Å²) in [5.74, 6) is -0.977. The van der Waals surface area contributed by atoms with Crippen LogP contribution in [0.3, 0.4) is 0 Å². The SMILES string of the molecule is NC(Cc1c[nH]c2cc(Cc3ccccc3)ccc12)C(=O)O. The second-order valence-electron chi connectivity index (χ2n) is 5.51. The van der Waals surface area contributed by atoms with Crippen LogP contribution in [-0.4, -0.2) is 22.1 Å². The lowest BCUT2D eigenvalue weighted by atomic mass is 10.0. The number of aliphatic carboxylic acids is 1. The number of aromatic nitrogens is 1. The Morgan fingerprint density at radius 2 is 1.91 bits per heavy atom. The zero-order valence-electron chi connectivity index (χ0n) is 12.1. The van der Waals surface area contributed by atoms with Gasteiger partial charge in [0, 0.05) is 23.5 Å². The molecule has 0 amide bonds. The number of aromatic amines is 1. The van der Waals surface area contributed by atoms with Crippen LogP contribution < -0.4 is 5.73 Å². The van der Waals surface area contributed by atoms with Gasteiger partial charge in [0.1, 0.15) is 6.04 Å². The Hall–Kier alpha value is -2.59. The number of carboxylic acids is 1. The molecule has 112 valence electrons. The van der Waals surface area contributed by atoms with Crippen molar-refractivity contribution >= 4 is 16.9 Å². The van der Waals surface area contributed by atoms with Crippen molar-refractivity contribution in [2.75, 3.05) is 0 Å². The average molecular weight is 294 g/mol. The number of hydrogen-bond donors (Lipinski definition) is 3. The van der Waals surface area contributed by atoms with E-state index in [1.165, 1.54) is 11.1 Å². The van der Waals surface area contributed by atoms with Crippen LogP contribution in [0.2, 0.25) is 0 Å². The smallest absolute Gasteiger partial charge is 0.320 e.